The lowest BCUT2D eigenvalue weighted by Crippen LogP contribution is -2.40. The van der Waals surface area contributed by atoms with Gasteiger partial charge in [-0.15, -0.1) is 0 Å². The van der Waals surface area contributed by atoms with Crippen LogP contribution in [0.2, 0.25) is 0 Å². The summed E-state index contributed by atoms with van der Waals surface area (Å²) >= 11 is 0. The first-order valence-electron chi connectivity index (χ1n) is 4.02. The van der Waals surface area contributed by atoms with Gasteiger partial charge in [-0.3, -0.25) is 9.59 Å². The van der Waals surface area contributed by atoms with Crippen molar-refractivity contribution < 1.29 is 14.7 Å². The van der Waals surface area contributed by atoms with E-state index in [1.54, 1.807) is 6.92 Å². The fourth-order valence-corrected chi connectivity index (χ4v) is 0.603. The second-order valence-corrected chi connectivity index (χ2v) is 2.88. The molecule has 1 amide bonds. The van der Waals surface area contributed by atoms with E-state index in [0.717, 1.165) is 6.42 Å². The molecule has 0 aromatic rings. The van der Waals surface area contributed by atoms with E-state index in [4.69, 9.17) is 5.11 Å². The summed E-state index contributed by atoms with van der Waals surface area (Å²) in [6.45, 7) is 5.10. The van der Waals surface area contributed by atoms with Crippen molar-refractivity contribution in [3.05, 3.63) is 0 Å². The summed E-state index contributed by atoms with van der Waals surface area (Å²) in [6, 6.07) is -0.800. The summed E-state index contributed by atoms with van der Waals surface area (Å²) in [5.41, 5.74) is 0. The molecule has 0 spiro atoms. The Hall–Kier alpha value is -1.06. The monoisotopic (exact) mass is 173 g/mol. The molecule has 2 N–H and O–H groups in total. The first-order valence-corrected chi connectivity index (χ1v) is 4.02. The smallest absolute Gasteiger partial charge is 0.325 e. The van der Waals surface area contributed by atoms with E-state index in [1.165, 1.54) is 6.92 Å². The number of carboxylic acid groups (broad SMARTS) is 1. The number of nitrogens with one attached hydrogen (secondary N) is 1. The zero-order valence-corrected chi connectivity index (χ0v) is 7.63. The van der Waals surface area contributed by atoms with Gasteiger partial charge in [0.25, 0.3) is 0 Å². The lowest BCUT2D eigenvalue weighted by atomic mass is 10.1. The molecule has 0 aliphatic rings. The summed E-state index contributed by atoms with van der Waals surface area (Å²) < 4.78 is 0. The fourth-order valence-electron chi connectivity index (χ4n) is 0.603. The molecule has 4 nitrogen and oxygen atoms in total. The largest absolute Gasteiger partial charge is 0.480 e. The van der Waals surface area contributed by atoms with E-state index in [9.17, 15) is 9.59 Å². The molecule has 0 rings (SSSR count). The van der Waals surface area contributed by atoms with Crippen molar-refractivity contribution in [2.45, 2.75) is 33.2 Å². The second-order valence-electron chi connectivity index (χ2n) is 2.88. The van der Waals surface area contributed by atoms with Gasteiger partial charge in [-0.25, -0.2) is 0 Å². The third kappa shape index (κ3) is 3.37. The van der Waals surface area contributed by atoms with Crippen LogP contribution < -0.4 is 5.32 Å². The Morgan fingerprint density at radius 3 is 2.25 bits per heavy atom. The van der Waals surface area contributed by atoms with Crippen LogP contribution in [0.3, 0.4) is 0 Å². The predicted octanol–water partition coefficient (Wildman–Crippen LogP) is 0.622. The molecule has 0 heterocycles. The minimum Gasteiger partial charge on any atom is -0.480 e. The number of carbonyl (C=O) groups excluding carboxylic acids is 1. The van der Waals surface area contributed by atoms with Crippen molar-refractivity contribution in [1.82, 2.24) is 5.32 Å². The third-order valence-corrected chi connectivity index (χ3v) is 1.79. The highest BCUT2D eigenvalue weighted by atomic mass is 16.4. The van der Waals surface area contributed by atoms with Crippen molar-refractivity contribution in [3.63, 3.8) is 0 Å². The Bertz CT molecular complexity index is 179. The number of carboxylic acids is 1. The zero-order chi connectivity index (χ0) is 9.72. The van der Waals surface area contributed by atoms with Crippen LogP contribution in [0.5, 0.6) is 0 Å². The number of hydrogen-bond donors (Lipinski definition) is 2. The van der Waals surface area contributed by atoms with Gasteiger partial charge < -0.3 is 10.4 Å². The van der Waals surface area contributed by atoms with Gasteiger partial charge in [0.15, 0.2) is 0 Å². The van der Waals surface area contributed by atoms with Crippen LogP contribution in [-0.4, -0.2) is 23.0 Å². The summed E-state index contributed by atoms with van der Waals surface area (Å²) in [4.78, 5) is 21.4. The van der Waals surface area contributed by atoms with Crippen LogP contribution in [0, 0.1) is 5.92 Å². The Kier molecular flexibility index (Phi) is 4.33. The Morgan fingerprint density at radius 1 is 1.42 bits per heavy atom. The molecule has 0 radical (unpaired) electrons. The number of hydrogen-bond acceptors (Lipinski definition) is 2. The number of aliphatic carboxylic acids is 1. The van der Waals surface area contributed by atoms with E-state index in [2.05, 4.69) is 5.32 Å². The molecule has 0 saturated heterocycles. The molecule has 0 fully saturated rings. The highest BCUT2D eigenvalue weighted by Crippen LogP contribution is 2.00. The first-order chi connectivity index (χ1) is 5.49. The SMILES string of the molecule is CCC(C)C(=O)N[C@H](C)C(=O)O. The van der Waals surface area contributed by atoms with Crippen LogP contribution in [0.1, 0.15) is 27.2 Å². The van der Waals surface area contributed by atoms with Crippen LogP contribution in [0.4, 0.5) is 0 Å². The Balaban J connectivity index is 3.92. The Morgan fingerprint density at radius 2 is 1.92 bits per heavy atom. The quantitative estimate of drug-likeness (QED) is 0.655. The highest BCUT2D eigenvalue weighted by molar-refractivity contribution is 5.84. The summed E-state index contributed by atoms with van der Waals surface area (Å²) in [7, 11) is 0. The van der Waals surface area contributed by atoms with E-state index in [-0.39, 0.29) is 11.8 Å². The second kappa shape index (κ2) is 4.74. The van der Waals surface area contributed by atoms with Gasteiger partial charge in [-0.1, -0.05) is 13.8 Å². The van der Waals surface area contributed by atoms with Crippen LogP contribution in [0.15, 0.2) is 0 Å². The number of amides is 1. The van der Waals surface area contributed by atoms with Gasteiger partial charge in [0, 0.05) is 5.92 Å². The van der Waals surface area contributed by atoms with Crippen molar-refractivity contribution >= 4 is 11.9 Å². The molecule has 0 aliphatic heterocycles. The standard InChI is InChI=1S/C8H15NO3/c1-4-5(2)7(10)9-6(3)8(11)12/h5-6H,4H2,1-3H3,(H,9,10)(H,11,12)/t5?,6-/m1/s1. The van der Waals surface area contributed by atoms with Gasteiger partial charge in [0.1, 0.15) is 6.04 Å². The van der Waals surface area contributed by atoms with E-state index in [1.807, 2.05) is 6.92 Å². The van der Waals surface area contributed by atoms with Crippen molar-refractivity contribution in [3.8, 4) is 0 Å². The van der Waals surface area contributed by atoms with E-state index < -0.39 is 12.0 Å². The highest BCUT2D eigenvalue weighted by Gasteiger charge is 2.17. The van der Waals surface area contributed by atoms with Crippen LogP contribution in [0.25, 0.3) is 0 Å². The average Bonchev–Trinajstić information content (AvgIpc) is 2.02. The normalized spacial score (nSPS) is 14.9. The molecular weight excluding hydrogens is 158 g/mol. The lowest BCUT2D eigenvalue weighted by Gasteiger charge is -2.12. The summed E-state index contributed by atoms with van der Waals surface area (Å²) in [5.74, 6) is -1.33. The topological polar surface area (TPSA) is 66.4 Å². The zero-order valence-electron chi connectivity index (χ0n) is 7.63. The molecular formula is C8H15NO3. The van der Waals surface area contributed by atoms with Crippen LogP contribution >= 0.6 is 0 Å². The van der Waals surface area contributed by atoms with Crippen LogP contribution in [-0.2, 0) is 9.59 Å². The van der Waals surface area contributed by atoms with Gasteiger partial charge in [-0.05, 0) is 13.3 Å². The van der Waals surface area contributed by atoms with Gasteiger partial charge in [0.2, 0.25) is 5.91 Å². The maximum atomic E-state index is 11.1. The molecule has 0 aliphatic carbocycles. The van der Waals surface area contributed by atoms with E-state index in [0.29, 0.717) is 0 Å². The number of rotatable bonds is 4. The van der Waals surface area contributed by atoms with Crippen molar-refractivity contribution in [2.75, 3.05) is 0 Å². The summed E-state index contributed by atoms with van der Waals surface area (Å²) in [5, 5.41) is 10.9. The van der Waals surface area contributed by atoms with E-state index >= 15 is 0 Å². The first kappa shape index (κ1) is 10.9. The molecule has 0 aromatic heterocycles. The molecule has 0 saturated carbocycles. The lowest BCUT2D eigenvalue weighted by molar-refractivity contribution is -0.141. The van der Waals surface area contributed by atoms with Gasteiger partial charge in [-0.2, -0.15) is 0 Å². The molecule has 4 heteroatoms. The molecule has 12 heavy (non-hydrogen) atoms. The number of carbonyl (C=O) groups is 2. The minimum absolute atomic E-state index is 0.119. The van der Waals surface area contributed by atoms with Crippen molar-refractivity contribution in [2.24, 2.45) is 5.92 Å². The minimum atomic E-state index is -1.01. The molecule has 1 unspecified atom stereocenters. The Labute approximate surface area is 72.0 Å². The van der Waals surface area contributed by atoms with Gasteiger partial charge >= 0.3 is 5.97 Å². The maximum Gasteiger partial charge on any atom is 0.325 e. The molecule has 70 valence electrons. The summed E-state index contributed by atoms with van der Waals surface area (Å²) in [6.07, 6.45) is 0.720. The van der Waals surface area contributed by atoms with Crippen molar-refractivity contribution in [1.29, 1.82) is 0 Å². The average molecular weight is 173 g/mol. The maximum absolute atomic E-state index is 11.1. The molecule has 0 aromatic carbocycles. The molecule has 2 atom stereocenters. The fraction of sp³-hybridized carbons (Fsp3) is 0.750. The predicted molar refractivity (Wildman–Crippen MR) is 44.7 cm³/mol. The molecule has 0 bridgehead atoms. The third-order valence-electron chi connectivity index (χ3n) is 1.79. The van der Waals surface area contributed by atoms with Gasteiger partial charge in [0.05, 0.1) is 0 Å².